The zero-order valence-corrected chi connectivity index (χ0v) is 8.66. The van der Waals surface area contributed by atoms with Crippen LogP contribution < -0.4 is 0 Å². The average molecular weight is 238 g/mol. The molecule has 0 unspecified atom stereocenters. The van der Waals surface area contributed by atoms with Crippen LogP contribution in [0.4, 0.5) is 0 Å². The number of carbonyl (C=O) groups is 3. The van der Waals surface area contributed by atoms with Gasteiger partial charge in [-0.05, 0) is 11.1 Å². The maximum absolute atomic E-state index is 10.8. The summed E-state index contributed by atoms with van der Waals surface area (Å²) in [6.45, 7) is 0. The Balaban J connectivity index is 3.08. The molecule has 0 saturated heterocycles. The van der Waals surface area contributed by atoms with E-state index in [1.807, 2.05) is 0 Å². The second-order valence-electron chi connectivity index (χ2n) is 3.43. The molecule has 3 N–H and O–H groups in total. The van der Waals surface area contributed by atoms with Gasteiger partial charge in [-0.1, -0.05) is 24.3 Å². The van der Waals surface area contributed by atoms with Crippen LogP contribution in [0.2, 0.25) is 0 Å². The van der Waals surface area contributed by atoms with Gasteiger partial charge < -0.3 is 15.3 Å². The fourth-order valence-electron chi connectivity index (χ4n) is 1.45. The molecule has 0 aliphatic heterocycles. The molecular weight excluding hydrogens is 228 g/mol. The predicted octanol–water partition coefficient (Wildman–Crippen LogP) is 0.566. The maximum Gasteiger partial charge on any atom is 0.322 e. The van der Waals surface area contributed by atoms with Gasteiger partial charge in [-0.15, -0.1) is 0 Å². The lowest BCUT2D eigenvalue weighted by molar-refractivity contribution is -0.150. The van der Waals surface area contributed by atoms with Gasteiger partial charge in [-0.2, -0.15) is 0 Å². The first-order valence-electron chi connectivity index (χ1n) is 4.68. The van der Waals surface area contributed by atoms with Crippen LogP contribution in [0.5, 0.6) is 0 Å². The van der Waals surface area contributed by atoms with Gasteiger partial charge in [0.1, 0.15) is 0 Å². The number of aliphatic carboxylic acids is 3. The van der Waals surface area contributed by atoms with Crippen molar-refractivity contribution in [2.75, 3.05) is 0 Å². The second-order valence-corrected chi connectivity index (χ2v) is 3.43. The minimum atomic E-state index is -1.68. The first kappa shape index (κ1) is 12.7. The summed E-state index contributed by atoms with van der Waals surface area (Å²) in [6.07, 6.45) is -0.278. The minimum absolute atomic E-state index is 0.0590. The average Bonchev–Trinajstić information content (AvgIpc) is 2.15. The zero-order valence-electron chi connectivity index (χ0n) is 8.66. The molecular formula is C11H10O6. The summed E-state index contributed by atoms with van der Waals surface area (Å²) in [5.41, 5.74) is 0.422. The molecule has 0 saturated carbocycles. The number of hydrogen-bond acceptors (Lipinski definition) is 3. The van der Waals surface area contributed by atoms with Crippen molar-refractivity contribution < 1.29 is 29.7 Å². The van der Waals surface area contributed by atoms with E-state index in [2.05, 4.69) is 0 Å². The first-order valence-corrected chi connectivity index (χ1v) is 4.68. The summed E-state index contributed by atoms with van der Waals surface area (Å²) >= 11 is 0. The molecule has 0 aromatic heterocycles. The monoisotopic (exact) mass is 238 g/mol. The van der Waals surface area contributed by atoms with E-state index in [0.29, 0.717) is 5.56 Å². The van der Waals surface area contributed by atoms with Gasteiger partial charge in [0.2, 0.25) is 0 Å². The van der Waals surface area contributed by atoms with Crippen LogP contribution in [0, 0.1) is 0 Å². The van der Waals surface area contributed by atoms with Crippen LogP contribution in [-0.4, -0.2) is 33.2 Å². The molecule has 6 nitrogen and oxygen atoms in total. The van der Waals surface area contributed by atoms with Gasteiger partial charge >= 0.3 is 17.9 Å². The van der Waals surface area contributed by atoms with E-state index < -0.39 is 23.8 Å². The molecule has 17 heavy (non-hydrogen) atoms. The standard InChI is InChI=1S/C11H10O6/c12-8(13)5-6-2-1-3-7(4-6)9(10(14)15)11(16)17/h1-4,9H,5H2,(H,12,13)(H,14,15)(H,16,17). The van der Waals surface area contributed by atoms with E-state index in [4.69, 9.17) is 15.3 Å². The highest BCUT2D eigenvalue weighted by molar-refractivity contribution is 5.99. The Bertz CT molecular complexity index is 451. The summed E-state index contributed by atoms with van der Waals surface area (Å²) in [4.78, 5) is 32.0. The highest BCUT2D eigenvalue weighted by Crippen LogP contribution is 2.18. The second kappa shape index (κ2) is 5.11. The third-order valence-corrected chi connectivity index (χ3v) is 2.13. The molecule has 1 aromatic carbocycles. The van der Waals surface area contributed by atoms with E-state index >= 15 is 0 Å². The van der Waals surface area contributed by atoms with E-state index in [-0.39, 0.29) is 12.0 Å². The third kappa shape index (κ3) is 3.30. The topological polar surface area (TPSA) is 112 Å². The Kier molecular flexibility index (Phi) is 3.82. The Labute approximate surface area is 96.1 Å². The Morgan fingerprint density at radius 3 is 2.12 bits per heavy atom. The summed E-state index contributed by atoms with van der Waals surface area (Å²) in [5.74, 6) is -5.71. The Hall–Kier alpha value is -2.37. The number of carboxylic acids is 3. The molecule has 0 aliphatic carbocycles. The molecule has 0 bridgehead atoms. The molecule has 0 heterocycles. The molecule has 90 valence electrons. The normalized spacial score (nSPS) is 10.2. The summed E-state index contributed by atoms with van der Waals surface area (Å²) in [6, 6.07) is 5.56. The van der Waals surface area contributed by atoms with Crippen LogP contribution in [-0.2, 0) is 20.8 Å². The van der Waals surface area contributed by atoms with Gasteiger partial charge in [-0.3, -0.25) is 14.4 Å². The Morgan fingerprint density at radius 2 is 1.65 bits per heavy atom. The third-order valence-electron chi connectivity index (χ3n) is 2.13. The smallest absolute Gasteiger partial charge is 0.322 e. The van der Waals surface area contributed by atoms with Crippen molar-refractivity contribution in [3.8, 4) is 0 Å². The van der Waals surface area contributed by atoms with Crippen LogP contribution in [0.25, 0.3) is 0 Å². The lowest BCUT2D eigenvalue weighted by Crippen LogP contribution is -2.21. The van der Waals surface area contributed by atoms with E-state index in [9.17, 15) is 14.4 Å². The van der Waals surface area contributed by atoms with Crippen molar-refractivity contribution in [3.63, 3.8) is 0 Å². The fourth-order valence-corrected chi connectivity index (χ4v) is 1.45. The maximum atomic E-state index is 10.8. The van der Waals surface area contributed by atoms with E-state index in [0.717, 1.165) is 0 Å². The molecule has 6 heteroatoms. The Morgan fingerprint density at radius 1 is 1.06 bits per heavy atom. The van der Waals surface area contributed by atoms with Crippen LogP contribution in [0.1, 0.15) is 17.0 Å². The number of benzene rings is 1. The largest absolute Gasteiger partial charge is 0.481 e. The van der Waals surface area contributed by atoms with Gasteiger partial charge in [0.15, 0.2) is 5.92 Å². The highest BCUT2D eigenvalue weighted by Gasteiger charge is 2.27. The molecule has 0 aliphatic rings. The summed E-state index contributed by atoms with van der Waals surface area (Å²) in [5, 5.41) is 26.1. The van der Waals surface area contributed by atoms with Crippen molar-refractivity contribution in [3.05, 3.63) is 35.4 Å². The molecule has 1 aromatic rings. The summed E-state index contributed by atoms with van der Waals surface area (Å²) in [7, 11) is 0. The van der Waals surface area contributed by atoms with Crippen molar-refractivity contribution in [2.24, 2.45) is 0 Å². The van der Waals surface area contributed by atoms with Crippen LogP contribution >= 0.6 is 0 Å². The number of rotatable bonds is 5. The SMILES string of the molecule is O=C(O)Cc1cccc(C(C(=O)O)C(=O)O)c1. The van der Waals surface area contributed by atoms with Crippen LogP contribution in [0.15, 0.2) is 24.3 Å². The number of carboxylic acid groups (broad SMARTS) is 3. The van der Waals surface area contributed by atoms with Gasteiger partial charge in [0.05, 0.1) is 6.42 Å². The summed E-state index contributed by atoms with van der Waals surface area (Å²) < 4.78 is 0. The van der Waals surface area contributed by atoms with Crippen LogP contribution in [0.3, 0.4) is 0 Å². The zero-order chi connectivity index (χ0) is 13.0. The quantitative estimate of drug-likeness (QED) is 0.646. The van der Waals surface area contributed by atoms with E-state index in [1.54, 1.807) is 0 Å². The van der Waals surface area contributed by atoms with Gasteiger partial charge in [0.25, 0.3) is 0 Å². The predicted molar refractivity (Wildman–Crippen MR) is 55.8 cm³/mol. The van der Waals surface area contributed by atoms with E-state index in [1.165, 1.54) is 24.3 Å². The van der Waals surface area contributed by atoms with Gasteiger partial charge in [0, 0.05) is 0 Å². The first-order chi connectivity index (χ1) is 7.91. The molecule has 0 atom stereocenters. The molecule has 0 amide bonds. The van der Waals surface area contributed by atoms with Crippen molar-refractivity contribution in [1.29, 1.82) is 0 Å². The molecule has 0 spiro atoms. The van der Waals surface area contributed by atoms with Crippen molar-refractivity contribution in [2.45, 2.75) is 12.3 Å². The highest BCUT2D eigenvalue weighted by atomic mass is 16.4. The van der Waals surface area contributed by atoms with Gasteiger partial charge in [-0.25, -0.2) is 0 Å². The fraction of sp³-hybridized carbons (Fsp3) is 0.182. The molecule has 0 radical (unpaired) electrons. The minimum Gasteiger partial charge on any atom is -0.481 e. The lowest BCUT2D eigenvalue weighted by atomic mass is 9.97. The molecule has 1 rings (SSSR count). The van der Waals surface area contributed by atoms with Crippen molar-refractivity contribution >= 4 is 17.9 Å². The van der Waals surface area contributed by atoms with Crippen molar-refractivity contribution in [1.82, 2.24) is 0 Å². The lowest BCUT2D eigenvalue weighted by Gasteiger charge is -2.08. The molecule has 0 fully saturated rings. The number of hydrogen-bond donors (Lipinski definition) is 3.